The SMILES string of the molecule is CC(C)=CCC/C(C)=C/CC/C(C)=C/CCC(C)O[Si](C)(C)C. The van der Waals surface area contributed by atoms with Gasteiger partial charge < -0.3 is 4.43 Å². The molecule has 0 radical (unpaired) electrons. The van der Waals surface area contributed by atoms with Gasteiger partial charge in [0.15, 0.2) is 8.32 Å². The molecular weight excluding hydrogens is 296 g/mol. The van der Waals surface area contributed by atoms with E-state index < -0.39 is 8.32 Å². The minimum atomic E-state index is -1.38. The van der Waals surface area contributed by atoms with Gasteiger partial charge in [0.05, 0.1) is 0 Å². The van der Waals surface area contributed by atoms with Crippen molar-refractivity contribution >= 4 is 8.32 Å². The van der Waals surface area contributed by atoms with Gasteiger partial charge >= 0.3 is 0 Å². The predicted octanol–water partition coefficient (Wildman–Crippen LogP) is 7.43. The van der Waals surface area contributed by atoms with Crippen LogP contribution in [-0.4, -0.2) is 14.4 Å². The summed E-state index contributed by atoms with van der Waals surface area (Å²) >= 11 is 0. The van der Waals surface area contributed by atoms with Gasteiger partial charge in [-0.05, 0) is 92.8 Å². The molecule has 1 atom stereocenters. The molecule has 0 N–H and O–H groups in total. The molecule has 1 nitrogen and oxygen atoms in total. The van der Waals surface area contributed by atoms with Gasteiger partial charge in [-0.2, -0.15) is 0 Å². The second-order valence-corrected chi connectivity index (χ2v) is 12.5. The zero-order valence-corrected chi connectivity index (χ0v) is 18.0. The van der Waals surface area contributed by atoms with E-state index in [-0.39, 0.29) is 0 Å². The quantitative estimate of drug-likeness (QED) is 0.281. The summed E-state index contributed by atoms with van der Waals surface area (Å²) in [4.78, 5) is 0. The van der Waals surface area contributed by atoms with E-state index in [1.54, 1.807) is 0 Å². The van der Waals surface area contributed by atoms with Crippen molar-refractivity contribution in [1.82, 2.24) is 0 Å². The van der Waals surface area contributed by atoms with E-state index >= 15 is 0 Å². The fourth-order valence-electron chi connectivity index (χ4n) is 2.57. The second-order valence-electron chi connectivity index (χ2n) is 8.08. The average molecular weight is 337 g/mol. The van der Waals surface area contributed by atoms with E-state index in [1.807, 2.05) is 0 Å². The third-order valence-corrected chi connectivity index (χ3v) is 4.85. The third kappa shape index (κ3) is 16.0. The van der Waals surface area contributed by atoms with Crippen LogP contribution >= 0.6 is 0 Å². The first-order valence-electron chi connectivity index (χ1n) is 9.22. The Morgan fingerprint density at radius 1 is 0.826 bits per heavy atom. The largest absolute Gasteiger partial charge is 0.415 e. The van der Waals surface area contributed by atoms with E-state index in [9.17, 15) is 0 Å². The van der Waals surface area contributed by atoms with Crippen LogP contribution in [0, 0.1) is 0 Å². The maximum Gasteiger partial charge on any atom is 0.184 e. The molecule has 0 bridgehead atoms. The van der Waals surface area contributed by atoms with E-state index in [4.69, 9.17) is 4.43 Å². The molecule has 0 saturated heterocycles. The smallest absolute Gasteiger partial charge is 0.184 e. The van der Waals surface area contributed by atoms with Crippen LogP contribution in [0.1, 0.15) is 73.1 Å². The molecule has 0 aliphatic carbocycles. The first-order valence-corrected chi connectivity index (χ1v) is 12.6. The Kier molecular flexibility index (Phi) is 11.5. The van der Waals surface area contributed by atoms with Gasteiger partial charge in [-0.25, -0.2) is 0 Å². The highest BCUT2D eigenvalue weighted by Gasteiger charge is 2.17. The second kappa shape index (κ2) is 11.9. The highest BCUT2D eigenvalue weighted by Crippen LogP contribution is 2.14. The molecule has 0 aromatic heterocycles. The molecule has 0 fully saturated rings. The lowest BCUT2D eigenvalue weighted by atomic mass is 10.1. The van der Waals surface area contributed by atoms with Crippen molar-refractivity contribution in [1.29, 1.82) is 0 Å². The molecule has 0 aliphatic rings. The average Bonchev–Trinajstić information content (AvgIpc) is 2.35. The molecule has 0 rings (SSSR count). The molecule has 0 heterocycles. The molecular formula is C21H40OSi. The molecule has 0 aromatic carbocycles. The highest BCUT2D eigenvalue weighted by atomic mass is 28.4. The van der Waals surface area contributed by atoms with Crippen LogP contribution in [0.4, 0.5) is 0 Å². The van der Waals surface area contributed by atoms with E-state index in [2.05, 4.69) is 72.5 Å². The standard InChI is InChI=1S/C21H40OSi/c1-18(2)12-9-13-19(3)14-10-15-20(4)16-11-17-21(5)22-23(6,7)8/h12,14,16,21H,9-11,13,15,17H2,1-8H3/b19-14+,20-16+. The molecule has 0 amide bonds. The van der Waals surface area contributed by atoms with Gasteiger partial charge in [0.2, 0.25) is 0 Å². The van der Waals surface area contributed by atoms with Gasteiger partial charge in [-0.3, -0.25) is 0 Å². The van der Waals surface area contributed by atoms with Gasteiger partial charge in [-0.1, -0.05) is 34.9 Å². The maximum atomic E-state index is 6.08. The Morgan fingerprint density at radius 3 is 1.78 bits per heavy atom. The Hall–Kier alpha value is -0.603. The summed E-state index contributed by atoms with van der Waals surface area (Å²) in [5, 5.41) is 0. The summed E-state index contributed by atoms with van der Waals surface area (Å²) in [6.45, 7) is 17.8. The number of hydrogen-bond acceptors (Lipinski definition) is 1. The van der Waals surface area contributed by atoms with Gasteiger partial charge in [0.25, 0.3) is 0 Å². The Balaban J connectivity index is 3.96. The van der Waals surface area contributed by atoms with Crippen molar-refractivity contribution in [2.75, 3.05) is 0 Å². The fourth-order valence-corrected chi connectivity index (χ4v) is 3.89. The van der Waals surface area contributed by atoms with Crippen LogP contribution in [0.2, 0.25) is 19.6 Å². The van der Waals surface area contributed by atoms with Crippen molar-refractivity contribution in [2.45, 2.75) is 98.9 Å². The first kappa shape index (κ1) is 22.4. The van der Waals surface area contributed by atoms with Gasteiger partial charge in [-0.15, -0.1) is 0 Å². The van der Waals surface area contributed by atoms with E-state index in [0.717, 1.165) is 12.8 Å². The number of allylic oxidation sites excluding steroid dienone is 6. The van der Waals surface area contributed by atoms with E-state index in [1.165, 1.54) is 42.4 Å². The highest BCUT2D eigenvalue weighted by molar-refractivity contribution is 6.69. The molecule has 23 heavy (non-hydrogen) atoms. The lowest BCUT2D eigenvalue weighted by Gasteiger charge is -2.23. The van der Waals surface area contributed by atoms with Crippen LogP contribution in [0.15, 0.2) is 34.9 Å². The minimum Gasteiger partial charge on any atom is -0.415 e. The monoisotopic (exact) mass is 336 g/mol. The number of hydrogen-bond donors (Lipinski definition) is 0. The fraction of sp³-hybridized carbons (Fsp3) is 0.714. The Bertz CT molecular complexity index is 406. The van der Waals surface area contributed by atoms with Crippen molar-refractivity contribution in [2.24, 2.45) is 0 Å². The van der Waals surface area contributed by atoms with Crippen LogP contribution in [-0.2, 0) is 4.43 Å². The van der Waals surface area contributed by atoms with Gasteiger partial charge in [0, 0.05) is 6.10 Å². The van der Waals surface area contributed by atoms with Gasteiger partial charge in [0.1, 0.15) is 0 Å². The maximum absolute atomic E-state index is 6.08. The summed E-state index contributed by atoms with van der Waals surface area (Å²) in [6, 6.07) is 0. The molecule has 0 aliphatic heterocycles. The van der Waals surface area contributed by atoms with Crippen LogP contribution in [0.25, 0.3) is 0 Å². The summed E-state index contributed by atoms with van der Waals surface area (Å²) in [5.41, 5.74) is 4.45. The molecule has 0 aromatic rings. The lowest BCUT2D eigenvalue weighted by Crippen LogP contribution is -2.30. The Labute approximate surface area is 147 Å². The molecule has 2 heteroatoms. The normalized spacial score (nSPS) is 14.8. The zero-order chi connectivity index (χ0) is 17.9. The molecule has 134 valence electrons. The van der Waals surface area contributed by atoms with Crippen LogP contribution in [0.3, 0.4) is 0 Å². The summed E-state index contributed by atoms with van der Waals surface area (Å²) in [6.07, 6.45) is 14.5. The molecule has 0 saturated carbocycles. The topological polar surface area (TPSA) is 9.23 Å². The zero-order valence-electron chi connectivity index (χ0n) is 17.0. The summed E-state index contributed by atoms with van der Waals surface area (Å²) in [5.74, 6) is 0. The Morgan fingerprint density at radius 2 is 1.30 bits per heavy atom. The first-order chi connectivity index (χ1) is 10.6. The lowest BCUT2D eigenvalue weighted by molar-refractivity contribution is 0.205. The van der Waals surface area contributed by atoms with Crippen molar-refractivity contribution < 1.29 is 4.43 Å². The number of rotatable bonds is 11. The summed E-state index contributed by atoms with van der Waals surface area (Å²) < 4.78 is 6.08. The third-order valence-electron chi connectivity index (χ3n) is 3.74. The molecule has 1 unspecified atom stereocenters. The van der Waals surface area contributed by atoms with Crippen molar-refractivity contribution in [3.05, 3.63) is 34.9 Å². The van der Waals surface area contributed by atoms with Crippen LogP contribution < -0.4 is 0 Å². The summed E-state index contributed by atoms with van der Waals surface area (Å²) in [7, 11) is -1.38. The molecule has 0 spiro atoms. The van der Waals surface area contributed by atoms with Crippen molar-refractivity contribution in [3.63, 3.8) is 0 Å². The van der Waals surface area contributed by atoms with Crippen LogP contribution in [0.5, 0.6) is 0 Å². The van der Waals surface area contributed by atoms with E-state index in [0.29, 0.717) is 6.10 Å². The minimum absolute atomic E-state index is 0.392. The van der Waals surface area contributed by atoms with Crippen molar-refractivity contribution in [3.8, 4) is 0 Å². The predicted molar refractivity (Wildman–Crippen MR) is 109 cm³/mol.